The predicted octanol–water partition coefficient (Wildman–Crippen LogP) is 4.12. The quantitative estimate of drug-likeness (QED) is 0.771. The van der Waals surface area contributed by atoms with Crippen molar-refractivity contribution in [1.29, 1.82) is 0 Å². The maximum Gasteiger partial charge on any atom is 0.192 e. The van der Waals surface area contributed by atoms with Crippen molar-refractivity contribution >= 4 is 21.7 Å². The van der Waals surface area contributed by atoms with Crippen molar-refractivity contribution in [3.05, 3.63) is 52.3 Å². The zero-order valence-corrected chi connectivity index (χ0v) is 13.6. The summed E-state index contributed by atoms with van der Waals surface area (Å²) in [6.45, 7) is 4.14. The second-order valence-corrected chi connectivity index (χ2v) is 5.80. The third-order valence-electron chi connectivity index (χ3n) is 4.08. The van der Waals surface area contributed by atoms with Gasteiger partial charge in [-0.1, -0.05) is 44.2 Å². The Labute approximate surface area is 128 Å². The monoisotopic (exact) mass is 334 g/mol. The summed E-state index contributed by atoms with van der Waals surface area (Å²) in [4.78, 5) is 13.1. The van der Waals surface area contributed by atoms with Crippen LogP contribution in [0.4, 0.5) is 0 Å². The van der Waals surface area contributed by atoms with Gasteiger partial charge < -0.3 is 0 Å². The fourth-order valence-electron chi connectivity index (χ4n) is 2.76. The minimum Gasteiger partial charge on any atom is -0.291 e. The molecule has 3 nitrogen and oxygen atoms in total. The lowest BCUT2D eigenvalue weighted by molar-refractivity contribution is 0.0862. The van der Waals surface area contributed by atoms with E-state index in [1.807, 2.05) is 30.3 Å². The molecule has 0 fully saturated rings. The summed E-state index contributed by atoms with van der Waals surface area (Å²) >= 11 is 3.44. The molecule has 0 N–H and O–H groups in total. The maximum atomic E-state index is 13.1. The van der Waals surface area contributed by atoms with Crippen LogP contribution in [0.5, 0.6) is 0 Å². The van der Waals surface area contributed by atoms with Crippen LogP contribution >= 0.6 is 15.9 Å². The molecule has 0 aliphatic rings. The Balaban J connectivity index is 2.57. The average Bonchev–Trinajstić information content (AvgIpc) is 2.81. The van der Waals surface area contributed by atoms with E-state index in [1.165, 1.54) is 0 Å². The molecule has 0 spiro atoms. The van der Waals surface area contributed by atoms with E-state index in [4.69, 9.17) is 0 Å². The minimum absolute atomic E-state index is 0.126. The van der Waals surface area contributed by atoms with Gasteiger partial charge >= 0.3 is 0 Å². The molecule has 0 atom stereocenters. The van der Waals surface area contributed by atoms with E-state index in [9.17, 15) is 4.79 Å². The van der Waals surface area contributed by atoms with E-state index in [-0.39, 0.29) is 5.78 Å². The molecule has 0 unspecified atom stereocenters. The van der Waals surface area contributed by atoms with Gasteiger partial charge in [-0.15, -0.1) is 0 Å². The fourth-order valence-corrected chi connectivity index (χ4v) is 3.29. The number of aromatic nitrogens is 2. The zero-order chi connectivity index (χ0) is 14.8. The summed E-state index contributed by atoms with van der Waals surface area (Å²) in [5.41, 5.74) is 1.22. The Bertz CT molecular complexity index is 581. The Morgan fingerprint density at radius 1 is 1.25 bits per heavy atom. The van der Waals surface area contributed by atoms with Gasteiger partial charge in [0.25, 0.3) is 0 Å². The molecule has 0 aliphatic heterocycles. The summed E-state index contributed by atoms with van der Waals surface area (Å²) in [6, 6.07) is 10.0. The van der Waals surface area contributed by atoms with E-state index in [2.05, 4.69) is 34.9 Å². The van der Waals surface area contributed by atoms with Gasteiger partial charge in [-0.3, -0.25) is 9.48 Å². The van der Waals surface area contributed by atoms with Crippen molar-refractivity contribution in [3.8, 4) is 0 Å². The minimum atomic E-state index is -0.489. The molecule has 2 aromatic rings. The van der Waals surface area contributed by atoms with Gasteiger partial charge in [0.05, 0.1) is 16.1 Å². The van der Waals surface area contributed by atoms with Crippen LogP contribution in [0.25, 0.3) is 0 Å². The van der Waals surface area contributed by atoms with Crippen LogP contribution in [-0.2, 0) is 12.5 Å². The normalized spacial score (nSPS) is 11.6. The highest BCUT2D eigenvalue weighted by atomic mass is 79.9. The number of hydrogen-bond acceptors (Lipinski definition) is 2. The molecule has 0 radical (unpaired) electrons. The number of aryl methyl sites for hydroxylation is 1. The van der Waals surface area contributed by atoms with Crippen molar-refractivity contribution < 1.29 is 4.79 Å². The first-order chi connectivity index (χ1) is 9.56. The largest absolute Gasteiger partial charge is 0.291 e. The second-order valence-electron chi connectivity index (χ2n) is 4.95. The number of rotatable bonds is 5. The third-order valence-corrected chi connectivity index (χ3v) is 4.66. The average molecular weight is 335 g/mol. The van der Waals surface area contributed by atoms with Gasteiger partial charge in [0.2, 0.25) is 0 Å². The van der Waals surface area contributed by atoms with Gasteiger partial charge in [0.1, 0.15) is 5.69 Å². The number of ketones is 1. The zero-order valence-electron chi connectivity index (χ0n) is 12.1. The first-order valence-electron chi connectivity index (χ1n) is 6.84. The lowest BCUT2D eigenvalue weighted by atomic mass is 9.71. The highest BCUT2D eigenvalue weighted by Gasteiger charge is 2.39. The van der Waals surface area contributed by atoms with E-state index in [0.29, 0.717) is 5.69 Å². The Morgan fingerprint density at radius 3 is 2.30 bits per heavy atom. The lowest BCUT2D eigenvalue weighted by Crippen LogP contribution is -2.36. The van der Waals surface area contributed by atoms with Crippen LogP contribution < -0.4 is 0 Å². The smallest absolute Gasteiger partial charge is 0.192 e. The predicted molar refractivity (Wildman–Crippen MR) is 83.9 cm³/mol. The molecule has 1 heterocycles. The van der Waals surface area contributed by atoms with Crippen molar-refractivity contribution in [2.24, 2.45) is 7.05 Å². The number of benzene rings is 1. The molecule has 0 aliphatic carbocycles. The fraction of sp³-hybridized carbons (Fsp3) is 0.375. The number of hydrogen-bond donors (Lipinski definition) is 0. The van der Waals surface area contributed by atoms with E-state index >= 15 is 0 Å². The van der Waals surface area contributed by atoms with Crippen molar-refractivity contribution in [1.82, 2.24) is 9.78 Å². The Kier molecular flexibility index (Phi) is 4.43. The maximum absolute atomic E-state index is 13.1. The molecule has 0 saturated heterocycles. The Hall–Kier alpha value is -1.42. The number of nitrogens with zero attached hydrogens (tertiary/aromatic N) is 2. The third kappa shape index (κ3) is 2.33. The van der Waals surface area contributed by atoms with Crippen LogP contribution in [0, 0.1) is 0 Å². The summed E-state index contributed by atoms with van der Waals surface area (Å²) in [5, 5.41) is 4.16. The highest BCUT2D eigenvalue weighted by Crippen LogP contribution is 2.36. The molecule has 4 heteroatoms. The van der Waals surface area contributed by atoms with Crippen LogP contribution in [0.3, 0.4) is 0 Å². The number of Topliss-reactive ketones (excluding diaryl/α,β-unsaturated/α-hetero) is 1. The Morgan fingerprint density at radius 2 is 1.85 bits per heavy atom. The topological polar surface area (TPSA) is 34.9 Å². The molecule has 2 rings (SSSR count). The molecular formula is C16H19BrN2O. The molecule has 0 saturated carbocycles. The van der Waals surface area contributed by atoms with Gasteiger partial charge in [0, 0.05) is 7.05 Å². The summed E-state index contributed by atoms with van der Waals surface area (Å²) in [7, 11) is 1.80. The summed E-state index contributed by atoms with van der Waals surface area (Å²) < 4.78 is 2.40. The molecule has 106 valence electrons. The molecule has 20 heavy (non-hydrogen) atoms. The van der Waals surface area contributed by atoms with Gasteiger partial charge in [-0.05, 0) is 34.3 Å². The number of halogens is 1. The lowest BCUT2D eigenvalue weighted by Gasteiger charge is -2.30. The van der Waals surface area contributed by atoms with E-state index < -0.39 is 5.41 Å². The van der Waals surface area contributed by atoms with Crippen LogP contribution in [-0.4, -0.2) is 15.6 Å². The summed E-state index contributed by atoms with van der Waals surface area (Å²) in [5.74, 6) is 0.126. The molecule has 0 amide bonds. The molecule has 1 aromatic heterocycles. The molecular weight excluding hydrogens is 316 g/mol. The number of carbonyl (C=O) groups excluding carboxylic acids is 1. The first-order valence-corrected chi connectivity index (χ1v) is 7.64. The first kappa shape index (κ1) is 15.0. The van der Waals surface area contributed by atoms with Gasteiger partial charge in [0.15, 0.2) is 5.78 Å². The van der Waals surface area contributed by atoms with Crippen LogP contribution in [0.2, 0.25) is 0 Å². The van der Waals surface area contributed by atoms with Crippen molar-refractivity contribution in [2.75, 3.05) is 0 Å². The van der Waals surface area contributed by atoms with Gasteiger partial charge in [-0.25, -0.2) is 0 Å². The summed E-state index contributed by atoms with van der Waals surface area (Å²) in [6.07, 6.45) is 3.21. The van der Waals surface area contributed by atoms with Crippen molar-refractivity contribution in [3.63, 3.8) is 0 Å². The van der Waals surface area contributed by atoms with E-state index in [1.54, 1.807) is 17.9 Å². The van der Waals surface area contributed by atoms with E-state index in [0.717, 1.165) is 22.9 Å². The van der Waals surface area contributed by atoms with Crippen molar-refractivity contribution in [2.45, 2.75) is 32.1 Å². The second kappa shape index (κ2) is 5.92. The van der Waals surface area contributed by atoms with Gasteiger partial charge in [-0.2, -0.15) is 5.10 Å². The molecule has 0 bridgehead atoms. The van der Waals surface area contributed by atoms with Crippen LogP contribution in [0.15, 0.2) is 41.0 Å². The standard InChI is InChI=1S/C16H19BrN2O/c1-4-16(5-2,12-9-7-6-8-10-12)15(20)14-13(17)11-18-19(14)3/h6-11H,4-5H2,1-3H3. The number of carbonyl (C=O) groups is 1. The highest BCUT2D eigenvalue weighted by molar-refractivity contribution is 9.10. The SMILES string of the molecule is CCC(CC)(C(=O)c1c(Br)cnn1C)c1ccccc1. The van der Waals surface area contributed by atoms with Crippen LogP contribution in [0.1, 0.15) is 42.7 Å². The molecule has 1 aromatic carbocycles.